The molecule has 2 aromatic rings. The minimum absolute atomic E-state index is 0.862. The maximum atomic E-state index is 4.44. The van der Waals surface area contributed by atoms with Crippen molar-refractivity contribution in [2.45, 2.75) is 13.5 Å². The third kappa shape index (κ3) is 2.80. The molecule has 0 spiro atoms. The van der Waals surface area contributed by atoms with E-state index in [4.69, 9.17) is 0 Å². The van der Waals surface area contributed by atoms with Crippen molar-refractivity contribution in [2.24, 2.45) is 0 Å². The fourth-order valence-corrected chi connectivity index (χ4v) is 2.32. The van der Waals surface area contributed by atoms with Gasteiger partial charge in [-0.1, -0.05) is 0 Å². The minimum Gasteiger partial charge on any atom is -0.340 e. The highest BCUT2D eigenvalue weighted by Gasteiger charge is 2.13. The van der Waals surface area contributed by atoms with E-state index in [2.05, 4.69) is 30.2 Å². The first-order valence-corrected chi connectivity index (χ1v) is 6.58. The van der Waals surface area contributed by atoms with Crippen LogP contribution in [0.25, 0.3) is 11.4 Å². The normalized spacial score (nSPS) is 16.7. The van der Waals surface area contributed by atoms with Crippen molar-refractivity contribution in [3.8, 4) is 11.4 Å². The second-order valence-corrected chi connectivity index (χ2v) is 4.76. The molecule has 3 rings (SSSR count). The quantitative estimate of drug-likeness (QED) is 0.843. The van der Waals surface area contributed by atoms with Crippen molar-refractivity contribution < 1.29 is 0 Å². The monoisotopic (exact) mass is 258 g/mol. The van der Waals surface area contributed by atoms with E-state index in [1.54, 1.807) is 12.4 Å². The molecule has 0 radical (unpaired) electrons. The van der Waals surface area contributed by atoms with Crippen molar-refractivity contribution in [1.82, 2.24) is 30.2 Å². The smallest absolute Gasteiger partial charge is 0.120 e. The van der Waals surface area contributed by atoms with Gasteiger partial charge in [0.25, 0.3) is 0 Å². The number of nitrogens with one attached hydrogen (secondary N) is 2. The molecule has 0 atom stereocenters. The van der Waals surface area contributed by atoms with E-state index in [1.807, 2.05) is 13.1 Å². The topological polar surface area (TPSA) is 69.7 Å². The molecule has 6 heteroatoms. The van der Waals surface area contributed by atoms with Gasteiger partial charge in [-0.2, -0.15) is 0 Å². The number of hydrogen-bond donors (Lipinski definition) is 2. The summed E-state index contributed by atoms with van der Waals surface area (Å²) >= 11 is 0. The number of aromatic amines is 1. The molecule has 1 aliphatic heterocycles. The van der Waals surface area contributed by atoms with Crippen molar-refractivity contribution >= 4 is 0 Å². The first kappa shape index (κ1) is 12.3. The summed E-state index contributed by atoms with van der Waals surface area (Å²) in [4.78, 5) is 18.8. The highest BCUT2D eigenvalue weighted by molar-refractivity contribution is 5.55. The van der Waals surface area contributed by atoms with Crippen LogP contribution in [0.2, 0.25) is 0 Å². The van der Waals surface area contributed by atoms with Crippen LogP contribution in [0.4, 0.5) is 0 Å². The Hall–Kier alpha value is -1.79. The molecular weight excluding hydrogens is 240 g/mol. The molecule has 1 saturated heterocycles. The van der Waals surface area contributed by atoms with Crippen LogP contribution < -0.4 is 5.32 Å². The summed E-state index contributed by atoms with van der Waals surface area (Å²) in [7, 11) is 0. The van der Waals surface area contributed by atoms with Crippen LogP contribution >= 0.6 is 0 Å². The number of aryl methyl sites for hydroxylation is 1. The highest BCUT2D eigenvalue weighted by Crippen LogP contribution is 2.17. The Labute approximate surface area is 112 Å². The molecule has 0 amide bonds. The van der Waals surface area contributed by atoms with Crippen LogP contribution in [0.1, 0.15) is 11.5 Å². The molecule has 2 aromatic heterocycles. The van der Waals surface area contributed by atoms with E-state index in [1.165, 1.54) is 0 Å². The van der Waals surface area contributed by atoms with Gasteiger partial charge in [0, 0.05) is 38.6 Å². The van der Waals surface area contributed by atoms with Crippen molar-refractivity contribution in [3.05, 3.63) is 30.1 Å². The maximum absolute atomic E-state index is 4.44. The number of imidazole rings is 1. The molecule has 0 aromatic carbocycles. The molecule has 19 heavy (non-hydrogen) atoms. The third-order valence-corrected chi connectivity index (χ3v) is 3.35. The zero-order chi connectivity index (χ0) is 13.1. The first-order chi connectivity index (χ1) is 9.33. The average Bonchev–Trinajstić information content (AvgIpc) is 2.89. The average molecular weight is 258 g/mol. The number of H-pyrrole nitrogens is 1. The number of nitrogens with zero attached hydrogens (tertiary/aromatic N) is 4. The van der Waals surface area contributed by atoms with E-state index in [0.29, 0.717) is 0 Å². The predicted octanol–water partition coefficient (Wildman–Crippen LogP) is 0.580. The van der Waals surface area contributed by atoms with Crippen molar-refractivity contribution in [3.63, 3.8) is 0 Å². The summed E-state index contributed by atoms with van der Waals surface area (Å²) in [6, 6.07) is 0. The lowest BCUT2D eigenvalue weighted by atomic mass is 10.2. The fourth-order valence-electron chi connectivity index (χ4n) is 2.32. The molecule has 2 N–H and O–H groups in total. The fraction of sp³-hybridized carbons (Fsp3) is 0.462. The van der Waals surface area contributed by atoms with Crippen LogP contribution in [0.15, 0.2) is 18.6 Å². The Morgan fingerprint density at radius 3 is 2.74 bits per heavy atom. The Morgan fingerprint density at radius 2 is 1.95 bits per heavy atom. The zero-order valence-electron chi connectivity index (χ0n) is 11.1. The van der Waals surface area contributed by atoms with Crippen LogP contribution in [-0.4, -0.2) is 51.0 Å². The Bertz CT molecular complexity index is 544. The van der Waals surface area contributed by atoms with E-state index < -0.39 is 0 Å². The van der Waals surface area contributed by atoms with Gasteiger partial charge in [-0.05, 0) is 6.92 Å². The van der Waals surface area contributed by atoms with Crippen molar-refractivity contribution in [1.29, 1.82) is 0 Å². The summed E-state index contributed by atoms with van der Waals surface area (Å²) < 4.78 is 0. The second-order valence-electron chi connectivity index (χ2n) is 4.76. The second kappa shape index (κ2) is 5.46. The summed E-state index contributed by atoms with van der Waals surface area (Å²) in [5.74, 6) is 0.988. The van der Waals surface area contributed by atoms with E-state index in [0.717, 1.165) is 55.6 Å². The third-order valence-electron chi connectivity index (χ3n) is 3.35. The van der Waals surface area contributed by atoms with Gasteiger partial charge < -0.3 is 10.3 Å². The SMILES string of the molecule is Cc1nccnc1-c1cnc(CN2CCNCC2)[nH]1. The molecule has 1 fully saturated rings. The lowest BCUT2D eigenvalue weighted by molar-refractivity contribution is 0.228. The summed E-state index contributed by atoms with van der Waals surface area (Å²) in [6.45, 7) is 7.06. The van der Waals surface area contributed by atoms with Gasteiger partial charge in [0.1, 0.15) is 11.5 Å². The summed E-state index contributed by atoms with van der Waals surface area (Å²) in [5.41, 5.74) is 2.73. The Morgan fingerprint density at radius 1 is 1.16 bits per heavy atom. The van der Waals surface area contributed by atoms with Crippen LogP contribution in [-0.2, 0) is 6.54 Å². The minimum atomic E-state index is 0.862. The molecule has 0 aliphatic carbocycles. The molecule has 100 valence electrons. The van der Waals surface area contributed by atoms with Gasteiger partial charge in [0.15, 0.2) is 0 Å². The van der Waals surface area contributed by atoms with Crippen LogP contribution in [0.5, 0.6) is 0 Å². The largest absolute Gasteiger partial charge is 0.340 e. The molecular formula is C13H18N6. The molecule has 1 aliphatic rings. The Kier molecular flexibility index (Phi) is 3.52. The molecule has 0 unspecified atom stereocenters. The van der Waals surface area contributed by atoms with Crippen molar-refractivity contribution in [2.75, 3.05) is 26.2 Å². The van der Waals surface area contributed by atoms with E-state index in [-0.39, 0.29) is 0 Å². The standard InChI is InChI=1S/C13H18N6/c1-10-13(16-3-2-15-10)11-8-17-12(18-11)9-19-6-4-14-5-7-19/h2-3,8,14H,4-7,9H2,1H3,(H,17,18). The number of hydrogen-bond acceptors (Lipinski definition) is 5. The van der Waals surface area contributed by atoms with Gasteiger partial charge >= 0.3 is 0 Å². The molecule has 0 bridgehead atoms. The van der Waals surface area contributed by atoms with Gasteiger partial charge in [-0.3, -0.25) is 14.9 Å². The highest BCUT2D eigenvalue weighted by atomic mass is 15.2. The summed E-state index contributed by atoms with van der Waals surface area (Å²) in [5, 5.41) is 3.35. The Balaban J connectivity index is 1.74. The summed E-state index contributed by atoms with van der Waals surface area (Å²) in [6.07, 6.45) is 5.25. The van der Waals surface area contributed by atoms with Gasteiger partial charge in [-0.15, -0.1) is 0 Å². The molecule has 3 heterocycles. The molecule has 0 saturated carbocycles. The first-order valence-electron chi connectivity index (χ1n) is 6.58. The number of aromatic nitrogens is 4. The van der Waals surface area contributed by atoms with Gasteiger partial charge in [-0.25, -0.2) is 4.98 Å². The molecule has 6 nitrogen and oxygen atoms in total. The van der Waals surface area contributed by atoms with Gasteiger partial charge in [0.2, 0.25) is 0 Å². The van der Waals surface area contributed by atoms with E-state index >= 15 is 0 Å². The number of rotatable bonds is 3. The van der Waals surface area contributed by atoms with E-state index in [9.17, 15) is 0 Å². The van der Waals surface area contributed by atoms with Crippen LogP contribution in [0, 0.1) is 6.92 Å². The lowest BCUT2D eigenvalue weighted by Crippen LogP contribution is -2.43. The maximum Gasteiger partial charge on any atom is 0.120 e. The zero-order valence-corrected chi connectivity index (χ0v) is 11.1. The number of piperazine rings is 1. The lowest BCUT2D eigenvalue weighted by Gasteiger charge is -2.26. The predicted molar refractivity (Wildman–Crippen MR) is 72.5 cm³/mol. The van der Waals surface area contributed by atoms with Crippen LogP contribution in [0.3, 0.4) is 0 Å². The van der Waals surface area contributed by atoms with Gasteiger partial charge in [0.05, 0.1) is 24.1 Å².